The number of halogens is 2. The lowest BCUT2D eigenvalue weighted by Crippen LogP contribution is -2.73. The van der Waals surface area contributed by atoms with Crippen LogP contribution in [0.5, 0.6) is 0 Å². The zero-order valence-electron chi connectivity index (χ0n) is 22.8. The average Bonchev–Trinajstić information content (AvgIpc) is 3.12. The van der Waals surface area contributed by atoms with Crippen LogP contribution in [0, 0.1) is 19.8 Å². The molecule has 0 bridgehead atoms. The number of carbonyl (C=O) groups is 2. The van der Waals surface area contributed by atoms with Gasteiger partial charge in [0.1, 0.15) is 11.6 Å². The predicted molar refractivity (Wildman–Crippen MR) is 153 cm³/mol. The first-order valence-electron chi connectivity index (χ1n) is 13.2. The van der Waals surface area contributed by atoms with Crippen molar-refractivity contribution in [3.05, 3.63) is 47.3 Å². The maximum Gasteiger partial charge on any atom is 0.246 e. The van der Waals surface area contributed by atoms with Crippen molar-refractivity contribution in [2.75, 3.05) is 19.6 Å². The first-order chi connectivity index (χ1) is 16.8. The number of hydrogen-bond acceptors (Lipinski definition) is 4. The quantitative estimate of drug-likeness (QED) is 0.509. The van der Waals surface area contributed by atoms with Gasteiger partial charge in [0.25, 0.3) is 0 Å². The van der Waals surface area contributed by atoms with Crippen molar-refractivity contribution in [3.63, 3.8) is 0 Å². The molecule has 1 unspecified atom stereocenters. The molecule has 9 heteroatoms. The third kappa shape index (κ3) is 6.32. The van der Waals surface area contributed by atoms with Crippen molar-refractivity contribution >= 4 is 36.6 Å². The number of para-hydroxylation sites is 1. The molecule has 3 heterocycles. The number of piperidine rings is 1. The van der Waals surface area contributed by atoms with Crippen LogP contribution < -0.4 is 5.32 Å². The third-order valence-electron chi connectivity index (χ3n) is 7.76. The van der Waals surface area contributed by atoms with Crippen LogP contribution in [-0.4, -0.2) is 62.6 Å². The van der Waals surface area contributed by atoms with E-state index in [1.807, 2.05) is 27.8 Å². The summed E-state index contributed by atoms with van der Waals surface area (Å²) < 4.78 is 2.02. The molecule has 0 saturated carbocycles. The van der Waals surface area contributed by atoms with E-state index in [1.54, 1.807) is 0 Å². The van der Waals surface area contributed by atoms with E-state index < -0.39 is 11.6 Å². The predicted octanol–water partition coefficient (Wildman–Crippen LogP) is 4.84. The standard InChI is InChI=1S/C28H41N5O2.2ClH/c1-6-7-15-32-26(34)25(18-20(2)3)29-27(35)28(32)13-16-31(17-14-28)19-24-21(4)30-33(22(24)5)23-11-9-8-10-12-23;;/h8-12,20,25H,6-7,13-19H2,1-5H3,(H,29,35);2*1H. The molecule has 206 valence electrons. The lowest BCUT2D eigenvalue weighted by atomic mass is 9.80. The highest BCUT2D eigenvalue weighted by Crippen LogP contribution is 2.35. The average molecular weight is 553 g/mol. The zero-order chi connectivity index (χ0) is 25.2. The van der Waals surface area contributed by atoms with Crippen molar-refractivity contribution in [2.45, 2.75) is 84.8 Å². The van der Waals surface area contributed by atoms with E-state index in [2.05, 4.69) is 57.0 Å². The van der Waals surface area contributed by atoms with Gasteiger partial charge in [-0.1, -0.05) is 45.4 Å². The van der Waals surface area contributed by atoms with Crippen molar-refractivity contribution in [3.8, 4) is 5.69 Å². The molecular weight excluding hydrogens is 509 g/mol. The van der Waals surface area contributed by atoms with Crippen LogP contribution in [0.2, 0.25) is 0 Å². The zero-order valence-corrected chi connectivity index (χ0v) is 24.5. The number of rotatable bonds is 8. The van der Waals surface area contributed by atoms with E-state index >= 15 is 0 Å². The van der Waals surface area contributed by atoms with Crippen LogP contribution in [0.25, 0.3) is 5.69 Å². The number of piperazine rings is 1. The number of unbranched alkanes of at least 4 members (excludes halogenated alkanes) is 1. The Morgan fingerprint density at radius 1 is 1.08 bits per heavy atom. The van der Waals surface area contributed by atoms with Crippen molar-refractivity contribution in [1.82, 2.24) is 24.9 Å². The Morgan fingerprint density at radius 2 is 1.73 bits per heavy atom. The molecule has 2 aliphatic heterocycles. The fourth-order valence-corrected chi connectivity index (χ4v) is 5.67. The van der Waals surface area contributed by atoms with Gasteiger partial charge in [0.05, 0.1) is 11.4 Å². The molecule has 0 aliphatic carbocycles. The minimum atomic E-state index is -0.714. The molecule has 2 amide bonds. The summed E-state index contributed by atoms with van der Waals surface area (Å²) in [5.74, 6) is 0.509. The van der Waals surface area contributed by atoms with Crippen LogP contribution in [0.1, 0.15) is 69.8 Å². The second-order valence-electron chi connectivity index (χ2n) is 10.7. The topological polar surface area (TPSA) is 70.5 Å². The van der Waals surface area contributed by atoms with Crippen molar-refractivity contribution in [1.29, 1.82) is 0 Å². The van der Waals surface area contributed by atoms with Crippen molar-refractivity contribution < 1.29 is 9.59 Å². The van der Waals surface area contributed by atoms with E-state index in [0.717, 1.165) is 49.6 Å². The maximum atomic E-state index is 13.5. The van der Waals surface area contributed by atoms with E-state index in [9.17, 15) is 9.59 Å². The van der Waals surface area contributed by atoms with E-state index in [4.69, 9.17) is 5.10 Å². The molecule has 2 aromatic rings. The molecule has 7 nitrogen and oxygen atoms in total. The summed E-state index contributed by atoms with van der Waals surface area (Å²) in [6, 6.07) is 9.83. The molecule has 0 radical (unpaired) electrons. The van der Waals surface area contributed by atoms with Gasteiger partial charge in [-0.3, -0.25) is 14.5 Å². The molecule has 1 spiro atoms. The highest BCUT2D eigenvalue weighted by Gasteiger charge is 2.53. The van der Waals surface area contributed by atoms with E-state index in [-0.39, 0.29) is 36.6 Å². The molecule has 2 saturated heterocycles. The SMILES string of the molecule is CCCCN1C(=O)C(CC(C)C)NC(=O)C12CCN(Cc1c(C)nn(-c3ccccc3)c1C)CC2.Cl.Cl. The number of aryl methyl sites for hydroxylation is 1. The molecule has 37 heavy (non-hydrogen) atoms. The van der Waals surface area contributed by atoms with Gasteiger partial charge >= 0.3 is 0 Å². The van der Waals surface area contributed by atoms with Gasteiger partial charge in [0.2, 0.25) is 11.8 Å². The number of carbonyl (C=O) groups excluding carboxylic acids is 2. The molecule has 1 aromatic heterocycles. The van der Waals surface area contributed by atoms with Crippen LogP contribution in [0.15, 0.2) is 30.3 Å². The van der Waals surface area contributed by atoms with Gasteiger partial charge in [0.15, 0.2) is 0 Å². The maximum absolute atomic E-state index is 13.5. The Balaban J connectivity index is 0.00000241. The van der Waals surface area contributed by atoms with Gasteiger partial charge in [0, 0.05) is 37.4 Å². The lowest BCUT2D eigenvalue weighted by molar-refractivity contribution is -0.161. The Labute approximate surface area is 234 Å². The summed E-state index contributed by atoms with van der Waals surface area (Å²) in [5, 5.41) is 7.91. The van der Waals surface area contributed by atoms with Gasteiger partial charge < -0.3 is 10.2 Å². The highest BCUT2D eigenvalue weighted by molar-refractivity contribution is 6.00. The fourth-order valence-electron chi connectivity index (χ4n) is 5.67. The molecule has 2 aliphatic rings. The van der Waals surface area contributed by atoms with Gasteiger partial charge in [-0.15, -0.1) is 24.8 Å². The minimum absolute atomic E-state index is 0. The number of amides is 2. The highest BCUT2D eigenvalue weighted by atomic mass is 35.5. The summed E-state index contributed by atoms with van der Waals surface area (Å²) in [6.45, 7) is 13.6. The number of aromatic nitrogens is 2. The normalized spacial score (nSPS) is 19.5. The fraction of sp³-hybridized carbons (Fsp3) is 0.607. The summed E-state index contributed by atoms with van der Waals surface area (Å²) in [6.07, 6.45) is 3.98. The van der Waals surface area contributed by atoms with Crippen LogP contribution >= 0.6 is 24.8 Å². The summed E-state index contributed by atoms with van der Waals surface area (Å²) >= 11 is 0. The monoisotopic (exact) mass is 551 g/mol. The lowest BCUT2D eigenvalue weighted by Gasteiger charge is -2.52. The van der Waals surface area contributed by atoms with Crippen molar-refractivity contribution in [2.24, 2.45) is 5.92 Å². The van der Waals surface area contributed by atoms with Gasteiger partial charge in [-0.25, -0.2) is 4.68 Å². The molecule has 1 N–H and O–H groups in total. The second kappa shape index (κ2) is 13.1. The number of benzene rings is 1. The molecule has 1 atom stereocenters. The van der Waals surface area contributed by atoms with Gasteiger partial charge in [-0.2, -0.15) is 5.10 Å². The molecule has 2 fully saturated rings. The molecule has 4 rings (SSSR count). The smallest absolute Gasteiger partial charge is 0.246 e. The third-order valence-corrected chi connectivity index (χ3v) is 7.76. The van der Waals surface area contributed by atoms with E-state index in [1.165, 1.54) is 5.56 Å². The second-order valence-corrected chi connectivity index (χ2v) is 10.7. The minimum Gasteiger partial charge on any atom is -0.342 e. The van der Waals surface area contributed by atoms with Crippen LogP contribution in [0.4, 0.5) is 0 Å². The first kappa shape index (κ1) is 31.1. The Kier molecular flexibility index (Phi) is 11.0. The number of likely N-dealkylation sites (tertiary alicyclic amines) is 1. The number of nitrogens with one attached hydrogen (secondary N) is 1. The number of hydrogen-bond donors (Lipinski definition) is 1. The number of nitrogens with zero attached hydrogens (tertiary/aromatic N) is 4. The summed E-state index contributed by atoms with van der Waals surface area (Å²) in [7, 11) is 0. The molecule has 1 aromatic carbocycles. The Morgan fingerprint density at radius 3 is 2.32 bits per heavy atom. The summed E-state index contributed by atoms with van der Waals surface area (Å²) in [5.41, 5.74) is 3.79. The first-order valence-corrected chi connectivity index (χ1v) is 13.2. The van der Waals surface area contributed by atoms with E-state index in [0.29, 0.717) is 31.7 Å². The Bertz CT molecular complexity index is 1050. The van der Waals surface area contributed by atoms with Crippen LogP contribution in [-0.2, 0) is 16.1 Å². The summed E-state index contributed by atoms with van der Waals surface area (Å²) in [4.78, 5) is 31.3. The van der Waals surface area contributed by atoms with Gasteiger partial charge in [-0.05, 0) is 57.6 Å². The largest absolute Gasteiger partial charge is 0.342 e. The van der Waals surface area contributed by atoms with Crippen LogP contribution in [0.3, 0.4) is 0 Å². The molecular formula is C28H43Cl2N5O2. The Hall–Kier alpha value is -2.09.